The van der Waals surface area contributed by atoms with Gasteiger partial charge in [-0.05, 0) is 30.3 Å². The highest BCUT2D eigenvalue weighted by atomic mass is 35.5. The minimum absolute atomic E-state index is 0.0606. The highest BCUT2D eigenvalue weighted by Crippen LogP contribution is 2.23. The van der Waals surface area contributed by atoms with Crippen molar-refractivity contribution >= 4 is 28.9 Å². The van der Waals surface area contributed by atoms with Crippen molar-refractivity contribution in [2.24, 2.45) is 0 Å². The van der Waals surface area contributed by atoms with Crippen molar-refractivity contribution in [3.8, 4) is 6.07 Å². The van der Waals surface area contributed by atoms with Gasteiger partial charge >= 0.3 is 0 Å². The van der Waals surface area contributed by atoms with Crippen LogP contribution in [0.25, 0.3) is 0 Å². The fourth-order valence-electron chi connectivity index (χ4n) is 1.68. The van der Waals surface area contributed by atoms with Crippen LogP contribution in [0.1, 0.15) is 11.1 Å². The predicted molar refractivity (Wildman–Crippen MR) is 74.9 cm³/mol. The molecule has 0 heterocycles. The van der Waals surface area contributed by atoms with Crippen molar-refractivity contribution in [1.82, 2.24) is 0 Å². The average Bonchev–Trinajstić information content (AvgIpc) is 2.36. The van der Waals surface area contributed by atoms with Gasteiger partial charge in [-0.15, -0.1) is 0 Å². The summed E-state index contributed by atoms with van der Waals surface area (Å²) < 4.78 is 27.4. The molecule has 0 atom stereocenters. The van der Waals surface area contributed by atoms with E-state index in [1.165, 1.54) is 0 Å². The molecule has 0 saturated carbocycles. The molecular weight excluding hydrogens is 305 g/mol. The Labute approximate surface area is 124 Å². The highest BCUT2D eigenvalue weighted by molar-refractivity contribution is 6.35. The third-order valence-electron chi connectivity index (χ3n) is 2.60. The maximum atomic E-state index is 13.7. The molecule has 102 valence electrons. The van der Waals surface area contributed by atoms with Gasteiger partial charge in [0.15, 0.2) is 0 Å². The fraction of sp³-hybridized carbons (Fsp3) is 0.0714. The van der Waals surface area contributed by atoms with Gasteiger partial charge in [0, 0.05) is 27.8 Å². The van der Waals surface area contributed by atoms with Gasteiger partial charge in [-0.25, -0.2) is 8.78 Å². The summed E-state index contributed by atoms with van der Waals surface area (Å²) in [7, 11) is 0. The zero-order valence-corrected chi connectivity index (χ0v) is 11.6. The summed E-state index contributed by atoms with van der Waals surface area (Å²) in [6.07, 6.45) is 0. The van der Waals surface area contributed by atoms with Gasteiger partial charge in [-0.1, -0.05) is 23.2 Å². The van der Waals surface area contributed by atoms with Gasteiger partial charge in [0.1, 0.15) is 11.6 Å². The van der Waals surface area contributed by atoms with Crippen LogP contribution in [0.2, 0.25) is 10.0 Å². The zero-order valence-electron chi connectivity index (χ0n) is 10.1. The molecule has 0 aromatic heterocycles. The van der Waals surface area contributed by atoms with Crippen LogP contribution in [-0.2, 0) is 6.54 Å². The Morgan fingerprint density at radius 1 is 1.00 bits per heavy atom. The topological polar surface area (TPSA) is 35.8 Å². The molecule has 2 rings (SSSR count). The summed E-state index contributed by atoms with van der Waals surface area (Å²) >= 11 is 11.7. The number of hydrogen-bond donors (Lipinski definition) is 1. The summed E-state index contributed by atoms with van der Waals surface area (Å²) in [6.45, 7) is -0.0833. The fourth-order valence-corrected chi connectivity index (χ4v) is 2.21. The molecule has 0 aliphatic rings. The van der Waals surface area contributed by atoms with Crippen LogP contribution < -0.4 is 5.32 Å². The maximum absolute atomic E-state index is 13.7. The number of hydrogen-bond acceptors (Lipinski definition) is 2. The second-order valence-electron chi connectivity index (χ2n) is 4.04. The van der Waals surface area contributed by atoms with E-state index in [9.17, 15) is 8.78 Å². The van der Waals surface area contributed by atoms with Crippen LogP contribution >= 0.6 is 23.2 Å². The first-order valence-electron chi connectivity index (χ1n) is 5.57. The first-order chi connectivity index (χ1) is 9.49. The molecular formula is C14H8Cl2F2N2. The monoisotopic (exact) mass is 312 g/mol. The van der Waals surface area contributed by atoms with Crippen molar-refractivity contribution in [3.63, 3.8) is 0 Å². The molecule has 0 radical (unpaired) electrons. The zero-order chi connectivity index (χ0) is 14.7. The van der Waals surface area contributed by atoms with Gasteiger partial charge in [0.05, 0.1) is 11.6 Å². The van der Waals surface area contributed by atoms with E-state index in [1.807, 2.05) is 0 Å². The lowest BCUT2D eigenvalue weighted by atomic mass is 10.1. The first-order valence-corrected chi connectivity index (χ1v) is 6.33. The van der Waals surface area contributed by atoms with Crippen LogP contribution in [0.3, 0.4) is 0 Å². The quantitative estimate of drug-likeness (QED) is 0.887. The molecule has 0 spiro atoms. The van der Waals surface area contributed by atoms with E-state index in [4.69, 9.17) is 28.5 Å². The summed E-state index contributed by atoms with van der Waals surface area (Å²) in [6, 6.07) is 8.40. The molecule has 20 heavy (non-hydrogen) atoms. The summed E-state index contributed by atoms with van der Waals surface area (Å²) in [4.78, 5) is 0. The largest absolute Gasteiger partial charge is 0.381 e. The van der Waals surface area contributed by atoms with Crippen LogP contribution in [0.15, 0.2) is 30.3 Å². The maximum Gasteiger partial charge on any atom is 0.132 e. The number of nitrogens with zero attached hydrogens (tertiary/aromatic N) is 1. The number of rotatable bonds is 3. The number of nitrogens with one attached hydrogen (secondary N) is 1. The van der Waals surface area contributed by atoms with Gasteiger partial charge in [-0.2, -0.15) is 5.26 Å². The lowest BCUT2D eigenvalue weighted by molar-refractivity contribution is 0.559. The van der Waals surface area contributed by atoms with Crippen molar-refractivity contribution in [3.05, 3.63) is 63.1 Å². The number of anilines is 1. The second-order valence-corrected chi connectivity index (χ2v) is 4.91. The molecule has 0 unspecified atom stereocenters. The predicted octanol–water partition coefficient (Wildman–Crippen LogP) is 4.76. The standard InChI is InChI=1S/C14H8Cl2F2N2/c15-9-3-10(16)5-11(4-9)20-7-12-13(17)1-8(6-19)2-14(12)18/h1-5,20H,7H2. The van der Waals surface area contributed by atoms with E-state index >= 15 is 0 Å². The van der Waals surface area contributed by atoms with Gasteiger partial charge in [0.2, 0.25) is 0 Å². The van der Waals surface area contributed by atoms with Crippen molar-refractivity contribution in [2.45, 2.75) is 6.54 Å². The number of nitriles is 1. The van der Waals surface area contributed by atoms with Gasteiger partial charge in [-0.3, -0.25) is 0 Å². The Morgan fingerprint density at radius 2 is 1.55 bits per heavy atom. The Balaban J connectivity index is 2.21. The van der Waals surface area contributed by atoms with Gasteiger partial charge < -0.3 is 5.32 Å². The molecule has 6 heteroatoms. The molecule has 0 amide bonds. The number of halogens is 4. The smallest absolute Gasteiger partial charge is 0.132 e. The Morgan fingerprint density at radius 3 is 2.05 bits per heavy atom. The van der Waals surface area contributed by atoms with E-state index in [2.05, 4.69) is 5.32 Å². The molecule has 2 aromatic rings. The molecule has 0 aliphatic carbocycles. The lowest BCUT2D eigenvalue weighted by Crippen LogP contribution is -2.05. The summed E-state index contributed by atoms with van der Waals surface area (Å²) in [5, 5.41) is 12.3. The Hall–Kier alpha value is -1.83. The molecule has 0 aliphatic heterocycles. The third-order valence-corrected chi connectivity index (χ3v) is 3.04. The van der Waals surface area contributed by atoms with Crippen molar-refractivity contribution in [1.29, 1.82) is 5.26 Å². The molecule has 2 nitrogen and oxygen atoms in total. The van der Waals surface area contributed by atoms with Crippen molar-refractivity contribution < 1.29 is 8.78 Å². The van der Waals surface area contributed by atoms with E-state index in [0.29, 0.717) is 15.7 Å². The minimum Gasteiger partial charge on any atom is -0.381 e. The molecule has 0 saturated heterocycles. The average molecular weight is 313 g/mol. The molecule has 0 bridgehead atoms. The molecule has 1 N–H and O–H groups in total. The Kier molecular flexibility index (Phi) is 4.43. The third kappa shape index (κ3) is 3.38. The summed E-state index contributed by atoms with van der Waals surface area (Å²) in [5.41, 5.74) is 0.334. The van der Waals surface area contributed by atoms with E-state index in [1.54, 1.807) is 24.3 Å². The van der Waals surface area contributed by atoms with Crippen LogP contribution in [0.5, 0.6) is 0 Å². The van der Waals surface area contributed by atoms with Crippen LogP contribution in [0, 0.1) is 23.0 Å². The minimum atomic E-state index is -0.776. The molecule has 0 fully saturated rings. The SMILES string of the molecule is N#Cc1cc(F)c(CNc2cc(Cl)cc(Cl)c2)c(F)c1. The molecule has 2 aromatic carbocycles. The summed E-state index contributed by atoms with van der Waals surface area (Å²) in [5.74, 6) is -1.55. The van der Waals surface area contributed by atoms with Gasteiger partial charge in [0.25, 0.3) is 0 Å². The van der Waals surface area contributed by atoms with E-state index < -0.39 is 11.6 Å². The van der Waals surface area contributed by atoms with Crippen LogP contribution in [-0.4, -0.2) is 0 Å². The van der Waals surface area contributed by atoms with E-state index in [-0.39, 0.29) is 17.7 Å². The Bertz CT molecular complexity index is 653. The highest BCUT2D eigenvalue weighted by Gasteiger charge is 2.11. The van der Waals surface area contributed by atoms with Crippen molar-refractivity contribution in [2.75, 3.05) is 5.32 Å². The van der Waals surface area contributed by atoms with E-state index in [0.717, 1.165) is 12.1 Å². The first kappa shape index (κ1) is 14.6. The lowest BCUT2D eigenvalue weighted by Gasteiger charge is -2.09. The number of benzene rings is 2. The normalized spacial score (nSPS) is 10.2. The van der Waals surface area contributed by atoms with Crippen LogP contribution in [0.4, 0.5) is 14.5 Å². The second kappa shape index (κ2) is 6.08.